The Balaban J connectivity index is 2.13. The molecule has 0 fully saturated rings. The second-order valence-corrected chi connectivity index (χ2v) is 10.00. The van der Waals surface area contributed by atoms with E-state index < -0.39 is 29.1 Å². The van der Waals surface area contributed by atoms with Crippen LogP contribution in [0.1, 0.15) is 17.0 Å². The summed E-state index contributed by atoms with van der Waals surface area (Å²) in [6, 6.07) is 10.3. The van der Waals surface area contributed by atoms with Gasteiger partial charge in [0.2, 0.25) is 0 Å². The Bertz CT molecular complexity index is 1620. The number of nitrogens with two attached hydrogens (primary N) is 1. The maximum absolute atomic E-state index is 14.9. The number of rotatable bonds is 3. The van der Waals surface area contributed by atoms with E-state index in [1.54, 1.807) is 0 Å². The van der Waals surface area contributed by atoms with Gasteiger partial charge >= 0.3 is 5.97 Å². The molecule has 2 heterocycles. The van der Waals surface area contributed by atoms with E-state index in [1.165, 1.54) is 42.5 Å². The van der Waals surface area contributed by atoms with Crippen molar-refractivity contribution in [2.24, 2.45) is 5.73 Å². The molecule has 0 saturated heterocycles. The van der Waals surface area contributed by atoms with Crippen molar-refractivity contribution < 1.29 is 18.3 Å². The average molecular weight is 609 g/mol. The molecule has 0 unspecified atom stereocenters. The van der Waals surface area contributed by atoms with Crippen LogP contribution in [-0.2, 0) is 9.53 Å². The van der Waals surface area contributed by atoms with Crippen LogP contribution in [0.25, 0.3) is 17.5 Å². The van der Waals surface area contributed by atoms with Crippen LogP contribution in [0.2, 0.25) is 0 Å². The number of halogens is 4. The molecule has 4 rings (SSSR count). The van der Waals surface area contributed by atoms with Crippen LogP contribution in [0, 0.1) is 23.0 Å². The minimum Gasteiger partial charge on any atom is -0.466 e. The highest BCUT2D eigenvalue weighted by Crippen LogP contribution is 2.38. The molecule has 34 heavy (non-hydrogen) atoms. The maximum Gasteiger partial charge on any atom is 0.338 e. The minimum atomic E-state index is -1.22. The molecule has 1 atom stereocenters. The SMILES string of the molecule is COC(=O)C1=C(N)n2c(s/c(=C\c3cc(Br)ccc3F)c2=O)=C(C#N)[C@H]1c1cc(Br)ccc1F. The lowest BCUT2D eigenvalue weighted by Crippen LogP contribution is -2.40. The van der Waals surface area contributed by atoms with Gasteiger partial charge in [0.15, 0.2) is 0 Å². The number of nitriles is 1. The number of methoxy groups -OCH3 is 1. The second kappa shape index (κ2) is 9.29. The zero-order valence-corrected chi connectivity index (χ0v) is 21.2. The van der Waals surface area contributed by atoms with Gasteiger partial charge in [-0.05, 0) is 42.5 Å². The lowest BCUT2D eigenvalue weighted by Gasteiger charge is -2.25. The Hall–Kier alpha value is -3.07. The second-order valence-electron chi connectivity index (χ2n) is 7.14. The van der Waals surface area contributed by atoms with Gasteiger partial charge in [0.25, 0.3) is 5.56 Å². The fourth-order valence-electron chi connectivity index (χ4n) is 3.68. The number of ether oxygens (including phenoxy) is 1. The molecule has 6 nitrogen and oxygen atoms in total. The molecule has 3 aromatic rings. The van der Waals surface area contributed by atoms with Gasteiger partial charge in [0.1, 0.15) is 22.1 Å². The summed E-state index contributed by atoms with van der Waals surface area (Å²) in [6.07, 6.45) is 1.33. The van der Waals surface area contributed by atoms with Gasteiger partial charge in [-0.2, -0.15) is 5.26 Å². The molecule has 1 aliphatic rings. The van der Waals surface area contributed by atoms with Crippen LogP contribution in [0.5, 0.6) is 0 Å². The summed E-state index contributed by atoms with van der Waals surface area (Å²) in [4.78, 5) is 26.0. The summed E-state index contributed by atoms with van der Waals surface area (Å²) in [5.74, 6) is -3.66. The highest BCUT2D eigenvalue weighted by molar-refractivity contribution is 9.10. The maximum atomic E-state index is 14.9. The summed E-state index contributed by atoms with van der Waals surface area (Å²) in [7, 11) is 1.12. The Labute approximate surface area is 212 Å². The van der Waals surface area contributed by atoms with Crippen LogP contribution in [0.3, 0.4) is 0 Å². The molecule has 1 aromatic heterocycles. The topological polar surface area (TPSA) is 98.1 Å². The van der Waals surface area contributed by atoms with E-state index in [9.17, 15) is 23.6 Å². The van der Waals surface area contributed by atoms with Gasteiger partial charge in [0.05, 0.1) is 34.8 Å². The molecule has 0 aliphatic carbocycles. The van der Waals surface area contributed by atoms with Gasteiger partial charge in [0, 0.05) is 20.1 Å². The molecule has 0 radical (unpaired) electrons. The first kappa shape index (κ1) is 24.1. The zero-order chi connectivity index (χ0) is 24.7. The van der Waals surface area contributed by atoms with E-state index in [2.05, 4.69) is 31.9 Å². The standard InChI is InChI=1S/C23H13Br2F2N3O3S/c1-33-23(32)19-18(13-8-12(25)3-5-16(13)27)14(9-28)22-30(20(19)29)21(31)17(34-22)7-10-6-11(24)2-4-15(10)26/h2-8,18H,29H2,1H3/b17-7-/t18-/m1/s1. The molecule has 11 heteroatoms. The molecule has 0 saturated carbocycles. The number of carbonyl (C=O) groups is 1. The summed E-state index contributed by atoms with van der Waals surface area (Å²) >= 11 is 7.42. The van der Waals surface area contributed by atoms with Crippen molar-refractivity contribution in [3.05, 3.63) is 93.2 Å². The number of thiazole rings is 1. The summed E-state index contributed by atoms with van der Waals surface area (Å²) < 4.78 is 36.4. The Kier molecular flexibility index (Phi) is 6.58. The monoisotopic (exact) mass is 607 g/mol. The Morgan fingerprint density at radius 1 is 1.21 bits per heavy atom. The number of benzene rings is 2. The van der Waals surface area contributed by atoms with Gasteiger partial charge in [-0.3, -0.25) is 9.36 Å². The quantitative estimate of drug-likeness (QED) is 0.460. The predicted octanol–water partition coefficient (Wildman–Crippen LogP) is 3.31. The van der Waals surface area contributed by atoms with Gasteiger partial charge in [-0.1, -0.05) is 31.9 Å². The van der Waals surface area contributed by atoms with Gasteiger partial charge in [-0.25, -0.2) is 13.6 Å². The minimum absolute atomic E-state index is 0.00457. The number of esters is 1. The Morgan fingerprint density at radius 3 is 2.50 bits per heavy atom. The van der Waals surface area contributed by atoms with Gasteiger partial charge < -0.3 is 10.5 Å². The number of aromatic nitrogens is 1. The summed E-state index contributed by atoms with van der Waals surface area (Å²) in [5, 5.41) is 10.0. The lowest BCUT2D eigenvalue weighted by atomic mass is 9.83. The average Bonchev–Trinajstić information content (AvgIpc) is 3.13. The largest absolute Gasteiger partial charge is 0.466 e. The van der Waals surface area contributed by atoms with E-state index in [0.717, 1.165) is 23.0 Å². The smallest absolute Gasteiger partial charge is 0.338 e. The van der Waals surface area contributed by atoms with E-state index in [1.807, 2.05) is 6.07 Å². The number of fused-ring (bicyclic) bond motifs is 1. The molecule has 0 bridgehead atoms. The summed E-state index contributed by atoms with van der Waals surface area (Å²) in [5.41, 5.74) is 5.43. The van der Waals surface area contributed by atoms with Crippen molar-refractivity contribution in [1.29, 1.82) is 5.26 Å². The first-order valence-corrected chi connectivity index (χ1v) is 11.9. The van der Waals surface area contributed by atoms with E-state index in [4.69, 9.17) is 10.5 Å². The number of hydrogen-bond donors (Lipinski definition) is 1. The fourth-order valence-corrected chi connectivity index (χ4v) is 5.55. The predicted molar refractivity (Wildman–Crippen MR) is 131 cm³/mol. The summed E-state index contributed by atoms with van der Waals surface area (Å²) in [6.45, 7) is 0. The van der Waals surface area contributed by atoms with Crippen molar-refractivity contribution in [2.75, 3.05) is 7.11 Å². The molecular weight excluding hydrogens is 596 g/mol. The van der Waals surface area contributed by atoms with Crippen LogP contribution in [0.15, 0.2) is 55.7 Å². The molecule has 1 aliphatic heterocycles. The normalized spacial score (nSPS) is 15.8. The fraction of sp³-hybridized carbons (Fsp3) is 0.0870. The number of nitrogens with zero attached hydrogens (tertiary/aromatic N) is 2. The third-order valence-corrected chi connectivity index (χ3v) is 7.28. The molecule has 0 amide bonds. The van der Waals surface area contributed by atoms with Gasteiger partial charge in [-0.15, -0.1) is 11.3 Å². The highest BCUT2D eigenvalue weighted by Gasteiger charge is 2.37. The third kappa shape index (κ3) is 4.02. The zero-order valence-electron chi connectivity index (χ0n) is 17.2. The molecular formula is C23H13Br2F2N3O3S. The van der Waals surface area contributed by atoms with Crippen molar-refractivity contribution >= 4 is 66.6 Å². The van der Waals surface area contributed by atoms with Crippen LogP contribution in [0.4, 0.5) is 8.78 Å². The molecule has 0 spiro atoms. The van der Waals surface area contributed by atoms with Crippen LogP contribution in [-0.4, -0.2) is 17.6 Å². The molecule has 172 valence electrons. The van der Waals surface area contributed by atoms with Crippen molar-refractivity contribution in [2.45, 2.75) is 5.92 Å². The van der Waals surface area contributed by atoms with Crippen LogP contribution >= 0.6 is 43.2 Å². The van der Waals surface area contributed by atoms with E-state index in [0.29, 0.717) is 8.95 Å². The highest BCUT2D eigenvalue weighted by atomic mass is 79.9. The van der Waals surface area contributed by atoms with Crippen LogP contribution < -0.4 is 20.5 Å². The number of hydrogen-bond acceptors (Lipinski definition) is 6. The number of carbonyl (C=O) groups excluding carboxylic acids is 1. The first-order chi connectivity index (χ1) is 16.2. The first-order valence-electron chi connectivity index (χ1n) is 9.54. The lowest BCUT2D eigenvalue weighted by molar-refractivity contribution is -0.136. The van der Waals surface area contributed by atoms with Crippen molar-refractivity contribution in [1.82, 2.24) is 4.57 Å². The van der Waals surface area contributed by atoms with E-state index in [-0.39, 0.29) is 37.3 Å². The van der Waals surface area contributed by atoms with E-state index >= 15 is 0 Å². The van der Waals surface area contributed by atoms with Crippen molar-refractivity contribution in [3.63, 3.8) is 0 Å². The Morgan fingerprint density at radius 2 is 1.85 bits per heavy atom. The molecule has 2 N–H and O–H groups in total. The molecule has 2 aromatic carbocycles. The third-order valence-electron chi connectivity index (χ3n) is 5.19. The van der Waals surface area contributed by atoms with Crippen molar-refractivity contribution in [3.8, 4) is 6.07 Å².